The van der Waals surface area contributed by atoms with Crippen molar-refractivity contribution in [3.8, 4) is 11.5 Å². The molecule has 0 aliphatic carbocycles. The molecule has 92 valence electrons. The first-order valence-electron chi connectivity index (χ1n) is 5.52. The van der Waals surface area contributed by atoms with Crippen LogP contribution in [0.5, 0.6) is 11.5 Å². The van der Waals surface area contributed by atoms with Crippen molar-refractivity contribution in [2.75, 3.05) is 13.7 Å². The second kappa shape index (κ2) is 4.63. The average molecular weight is 236 g/mol. The molecule has 1 fully saturated rings. The zero-order valence-corrected chi connectivity index (χ0v) is 9.86. The Kier molecular flexibility index (Phi) is 3.19. The van der Waals surface area contributed by atoms with Gasteiger partial charge in [-0.05, 0) is 24.6 Å². The van der Waals surface area contributed by atoms with Gasteiger partial charge >= 0.3 is 0 Å². The maximum Gasteiger partial charge on any atom is 0.241 e. The fourth-order valence-electron chi connectivity index (χ4n) is 1.90. The second-order valence-corrected chi connectivity index (χ2v) is 4.18. The zero-order chi connectivity index (χ0) is 12.4. The van der Waals surface area contributed by atoms with E-state index in [1.54, 1.807) is 12.1 Å². The number of methoxy groups -OCH3 is 1. The molecule has 17 heavy (non-hydrogen) atoms. The van der Waals surface area contributed by atoms with E-state index in [1.165, 1.54) is 13.2 Å². The fourth-order valence-corrected chi connectivity index (χ4v) is 1.90. The standard InChI is InChI=1S/C12H16N2O3/c1-7-6-13-12(16)11(14-7)8-3-4-9(15)10(5-8)17-2/h3-5,7,11,14-15H,6H2,1-2H3,(H,13,16). The predicted octanol–water partition coefficient (Wildman–Crippen LogP) is 0.550. The number of hydrogen-bond donors (Lipinski definition) is 3. The van der Waals surface area contributed by atoms with E-state index in [0.29, 0.717) is 12.3 Å². The van der Waals surface area contributed by atoms with Gasteiger partial charge in [0.1, 0.15) is 6.04 Å². The Balaban J connectivity index is 2.29. The summed E-state index contributed by atoms with van der Waals surface area (Å²) in [5, 5.41) is 15.5. The molecule has 5 nitrogen and oxygen atoms in total. The first-order chi connectivity index (χ1) is 8.11. The van der Waals surface area contributed by atoms with Gasteiger partial charge in [0.25, 0.3) is 0 Å². The summed E-state index contributed by atoms with van der Waals surface area (Å²) in [5.74, 6) is 0.381. The van der Waals surface area contributed by atoms with Crippen LogP contribution < -0.4 is 15.4 Å². The van der Waals surface area contributed by atoms with Crippen LogP contribution in [0.25, 0.3) is 0 Å². The van der Waals surface area contributed by atoms with Gasteiger partial charge < -0.3 is 15.2 Å². The van der Waals surface area contributed by atoms with Crippen molar-refractivity contribution in [2.45, 2.75) is 19.0 Å². The Morgan fingerprint density at radius 2 is 2.24 bits per heavy atom. The number of hydrogen-bond acceptors (Lipinski definition) is 4. The molecule has 0 aromatic heterocycles. The van der Waals surface area contributed by atoms with Crippen LogP contribution >= 0.6 is 0 Å². The fraction of sp³-hybridized carbons (Fsp3) is 0.417. The molecule has 0 spiro atoms. The van der Waals surface area contributed by atoms with Crippen LogP contribution in [-0.4, -0.2) is 30.7 Å². The van der Waals surface area contributed by atoms with E-state index in [0.717, 1.165) is 5.56 Å². The lowest BCUT2D eigenvalue weighted by molar-refractivity contribution is -0.125. The molecule has 2 unspecified atom stereocenters. The van der Waals surface area contributed by atoms with Crippen LogP contribution in [-0.2, 0) is 4.79 Å². The highest BCUT2D eigenvalue weighted by molar-refractivity contribution is 5.84. The molecule has 2 atom stereocenters. The summed E-state index contributed by atoms with van der Waals surface area (Å²) in [6, 6.07) is 4.74. The van der Waals surface area contributed by atoms with Crippen LogP contribution in [0.2, 0.25) is 0 Å². The Bertz CT molecular complexity index is 434. The first kappa shape index (κ1) is 11.7. The maximum absolute atomic E-state index is 11.7. The summed E-state index contributed by atoms with van der Waals surface area (Å²) in [6.07, 6.45) is 0. The van der Waals surface area contributed by atoms with Crippen molar-refractivity contribution < 1.29 is 14.6 Å². The molecule has 1 amide bonds. The van der Waals surface area contributed by atoms with Crippen molar-refractivity contribution in [1.29, 1.82) is 0 Å². The number of nitrogens with one attached hydrogen (secondary N) is 2. The van der Waals surface area contributed by atoms with Crippen molar-refractivity contribution in [1.82, 2.24) is 10.6 Å². The minimum absolute atomic E-state index is 0.0594. The number of carbonyl (C=O) groups is 1. The van der Waals surface area contributed by atoms with Crippen LogP contribution in [0.4, 0.5) is 0 Å². The van der Waals surface area contributed by atoms with Gasteiger partial charge in [-0.2, -0.15) is 0 Å². The number of phenolic OH excluding ortho intramolecular Hbond substituents is 1. The smallest absolute Gasteiger partial charge is 0.241 e. The van der Waals surface area contributed by atoms with E-state index < -0.39 is 6.04 Å². The Labute approximate surface area is 99.8 Å². The molecule has 5 heteroatoms. The molecule has 1 saturated heterocycles. The van der Waals surface area contributed by atoms with E-state index in [1.807, 2.05) is 6.92 Å². The highest BCUT2D eigenvalue weighted by Crippen LogP contribution is 2.29. The Morgan fingerprint density at radius 3 is 2.94 bits per heavy atom. The van der Waals surface area contributed by atoms with Gasteiger partial charge in [0, 0.05) is 12.6 Å². The quantitative estimate of drug-likeness (QED) is 0.701. The van der Waals surface area contributed by atoms with Crippen LogP contribution in [0.15, 0.2) is 18.2 Å². The molecule has 3 N–H and O–H groups in total. The molecule has 0 radical (unpaired) electrons. The largest absolute Gasteiger partial charge is 0.504 e. The molecule has 1 aliphatic heterocycles. The molecule has 1 heterocycles. The number of carbonyl (C=O) groups excluding carboxylic acids is 1. The molecule has 0 saturated carbocycles. The van der Waals surface area contributed by atoms with Crippen LogP contribution in [0, 0.1) is 0 Å². The number of aromatic hydroxyl groups is 1. The van der Waals surface area contributed by atoms with E-state index in [9.17, 15) is 9.90 Å². The number of ether oxygens (including phenoxy) is 1. The highest BCUT2D eigenvalue weighted by atomic mass is 16.5. The van der Waals surface area contributed by atoms with Gasteiger partial charge in [0.15, 0.2) is 11.5 Å². The minimum Gasteiger partial charge on any atom is -0.504 e. The van der Waals surface area contributed by atoms with Crippen LogP contribution in [0.1, 0.15) is 18.5 Å². The molecule has 1 aromatic carbocycles. The van der Waals surface area contributed by atoms with Gasteiger partial charge in [-0.25, -0.2) is 0 Å². The molecule has 2 rings (SSSR count). The number of phenols is 1. The summed E-state index contributed by atoms with van der Waals surface area (Å²) in [6.45, 7) is 2.63. The zero-order valence-electron chi connectivity index (χ0n) is 9.86. The molecule has 1 aromatic rings. The van der Waals surface area contributed by atoms with E-state index >= 15 is 0 Å². The summed E-state index contributed by atoms with van der Waals surface area (Å²) in [5.41, 5.74) is 0.781. The van der Waals surface area contributed by atoms with Crippen molar-refractivity contribution >= 4 is 5.91 Å². The van der Waals surface area contributed by atoms with Gasteiger partial charge in [-0.15, -0.1) is 0 Å². The first-order valence-corrected chi connectivity index (χ1v) is 5.52. The number of benzene rings is 1. The average Bonchev–Trinajstić information content (AvgIpc) is 2.33. The molecular weight excluding hydrogens is 220 g/mol. The van der Waals surface area contributed by atoms with Crippen molar-refractivity contribution in [3.05, 3.63) is 23.8 Å². The summed E-state index contributed by atoms with van der Waals surface area (Å²) < 4.78 is 5.03. The molecule has 1 aliphatic rings. The number of piperazine rings is 1. The van der Waals surface area contributed by atoms with E-state index in [2.05, 4.69) is 10.6 Å². The van der Waals surface area contributed by atoms with Crippen LogP contribution in [0.3, 0.4) is 0 Å². The monoisotopic (exact) mass is 236 g/mol. The maximum atomic E-state index is 11.7. The van der Waals surface area contributed by atoms with E-state index in [4.69, 9.17) is 4.74 Å². The number of amides is 1. The summed E-state index contributed by atoms with van der Waals surface area (Å²) >= 11 is 0. The van der Waals surface area contributed by atoms with Gasteiger partial charge in [-0.3, -0.25) is 10.1 Å². The molecule has 0 bridgehead atoms. The Hall–Kier alpha value is -1.75. The minimum atomic E-state index is -0.395. The third-order valence-electron chi connectivity index (χ3n) is 2.83. The van der Waals surface area contributed by atoms with Gasteiger partial charge in [-0.1, -0.05) is 6.07 Å². The van der Waals surface area contributed by atoms with E-state index in [-0.39, 0.29) is 17.7 Å². The third kappa shape index (κ3) is 2.34. The van der Waals surface area contributed by atoms with Crippen molar-refractivity contribution in [3.63, 3.8) is 0 Å². The summed E-state index contributed by atoms with van der Waals surface area (Å²) in [4.78, 5) is 11.7. The SMILES string of the molecule is COc1cc(C2NC(C)CNC2=O)ccc1O. The lowest BCUT2D eigenvalue weighted by atomic mass is 10.0. The second-order valence-electron chi connectivity index (χ2n) is 4.18. The van der Waals surface area contributed by atoms with Crippen molar-refractivity contribution in [2.24, 2.45) is 0 Å². The molecular formula is C12H16N2O3. The predicted molar refractivity (Wildman–Crippen MR) is 63.0 cm³/mol. The van der Waals surface area contributed by atoms with Gasteiger partial charge in [0.05, 0.1) is 7.11 Å². The third-order valence-corrected chi connectivity index (χ3v) is 2.83. The van der Waals surface area contributed by atoms with Gasteiger partial charge in [0.2, 0.25) is 5.91 Å². The lowest BCUT2D eigenvalue weighted by Crippen LogP contribution is -2.52. The normalized spacial score (nSPS) is 24.2. The summed E-state index contributed by atoms with van der Waals surface area (Å²) in [7, 11) is 1.48. The number of rotatable bonds is 2. The Morgan fingerprint density at radius 1 is 1.47 bits per heavy atom. The topological polar surface area (TPSA) is 70.6 Å². The highest BCUT2D eigenvalue weighted by Gasteiger charge is 2.27. The lowest BCUT2D eigenvalue weighted by Gasteiger charge is -2.29.